The lowest BCUT2D eigenvalue weighted by Gasteiger charge is -2.11. The van der Waals surface area contributed by atoms with E-state index in [2.05, 4.69) is 5.32 Å². The van der Waals surface area contributed by atoms with Crippen molar-refractivity contribution in [1.82, 2.24) is 4.90 Å². The van der Waals surface area contributed by atoms with Gasteiger partial charge < -0.3 is 10.4 Å². The van der Waals surface area contributed by atoms with Crippen LogP contribution in [0.2, 0.25) is 0 Å². The Labute approximate surface area is 127 Å². The average Bonchev–Trinajstić information content (AvgIpc) is 2.50. The third-order valence-corrected chi connectivity index (χ3v) is 2.68. The zero-order valence-electron chi connectivity index (χ0n) is 11.9. The Kier molecular flexibility index (Phi) is 6.49. The third kappa shape index (κ3) is 4.86. The first-order valence-corrected chi connectivity index (χ1v) is 6.46. The molecule has 0 unspecified atom stereocenters. The number of anilines is 1. The summed E-state index contributed by atoms with van der Waals surface area (Å²) in [6.07, 6.45) is 2.51. The van der Waals surface area contributed by atoms with Crippen LogP contribution in [0.15, 0.2) is 30.3 Å². The number of carbonyl (C=O) groups is 3. The van der Waals surface area contributed by atoms with Crippen LogP contribution >= 0.6 is 0 Å². The van der Waals surface area contributed by atoms with E-state index in [9.17, 15) is 19.2 Å². The summed E-state index contributed by atoms with van der Waals surface area (Å²) in [5, 5.41) is 11.5. The molecule has 0 saturated heterocycles. The van der Waals surface area contributed by atoms with Crippen molar-refractivity contribution >= 4 is 36.0 Å². The van der Waals surface area contributed by atoms with Crippen LogP contribution in [-0.4, -0.2) is 40.7 Å². The lowest BCUT2D eigenvalue weighted by Crippen LogP contribution is -2.35. The van der Waals surface area contributed by atoms with Gasteiger partial charge in [-0.15, -0.1) is 0 Å². The van der Waals surface area contributed by atoms with Gasteiger partial charge in [0.05, 0.1) is 6.54 Å². The van der Waals surface area contributed by atoms with Crippen LogP contribution < -0.4 is 5.32 Å². The predicted molar refractivity (Wildman–Crippen MR) is 79.8 cm³/mol. The molecule has 0 aliphatic rings. The number of amides is 3. The molecule has 0 saturated carbocycles. The fraction of sp³-hybridized carbons (Fsp3) is 0.200. The van der Waals surface area contributed by atoms with Crippen LogP contribution in [0.25, 0.3) is 6.08 Å². The molecule has 0 fully saturated rings. The van der Waals surface area contributed by atoms with Gasteiger partial charge in [-0.25, -0.2) is 9.69 Å². The van der Waals surface area contributed by atoms with Crippen LogP contribution in [0, 0.1) is 0 Å². The molecular formula is C15H15N2O5. The highest BCUT2D eigenvalue weighted by Gasteiger charge is 2.17. The number of imide groups is 1. The molecule has 22 heavy (non-hydrogen) atoms. The van der Waals surface area contributed by atoms with E-state index >= 15 is 0 Å². The van der Waals surface area contributed by atoms with E-state index in [1.54, 1.807) is 31.2 Å². The van der Waals surface area contributed by atoms with Crippen LogP contribution in [-0.2, 0) is 14.4 Å². The SMILES string of the molecule is CCC(=O)Nc1ccccc1/C=C/C(=O)N(C[C]=O)C(=O)O. The largest absolute Gasteiger partial charge is 0.465 e. The average molecular weight is 303 g/mol. The van der Waals surface area contributed by atoms with E-state index in [0.29, 0.717) is 22.6 Å². The maximum Gasteiger partial charge on any atom is 0.414 e. The molecule has 0 atom stereocenters. The fourth-order valence-corrected chi connectivity index (χ4v) is 1.55. The van der Waals surface area contributed by atoms with Crippen molar-refractivity contribution in [2.45, 2.75) is 13.3 Å². The first-order chi connectivity index (χ1) is 10.5. The molecule has 0 aliphatic heterocycles. The Balaban J connectivity index is 2.93. The van der Waals surface area contributed by atoms with Crippen LogP contribution in [0.5, 0.6) is 0 Å². The molecular weight excluding hydrogens is 288 g/mol. The zero-order chi connectivity index (χ0) is 16.5. The summed E-state index contributed by atoms with van der Waals surface area (Å²) >= 11 is 0. The smallest absolute Gasteiger partial charge is 0.414 e. The number of nitrogens with one attached hydrogen (secondary N) is 1. The number of hydrogen-bond acceptors (Lipinski definition) is 4. The predicted octanol–water partition coefficient (Wildman–Crippen LogP) is 1.66. The van der Waals surface area contributed by atoms with Crippen molar-refractivity contribution in [1.29, 1.82) is 0 Å². The molecule has 7 nitrogen and oxygen atoms in total. The molecule has 2 N–H and O–H groups in total. The van der Waals surface area contributed by atoms with Gasteiger partial charge >= 0.3 is 6.09 Å². The molecule has 0 heterocycles. The summed E-state index contributed by atoms with van der Waals surface area (Å²) in [5.74, 6) is -1.05. The quantitative estimate of drug-likeness (QED) is 0.778. The van der Waals surface area contributed by atoms with Crippen molar-refractivity contribution < 1.29 is 24.3 Å². The van der Waals surface area contributed by atoms with Crippen molar-refractivity contribution in [3.8, 4) is 0 Å². The number of carbonyl (C=O) groups excluding carboxylic acids is 3. The standard InChI is InChI=1S/C15H15N2O5/c1-2-13(19)16-12-6-4-3-5-11(12)7-8-14(20)17(9-10-18)15(21)22/h3-8H,2,9H2,1H3,(H,16,19)(H,21,22)/b8-7+. The Morgan fingerprint density at radius 3 is 2.59 bits per heavy atom. The molecule has 115 valence electrons. The first kappa shape index (κ1) is 17.1. The molecule has 1 aromatic rings. The van der Waals surface area contributed by atoms with E-state index in [4.69, 9.17) is 5.11 Å². The fourth-order valence-electron chi connectivity index (χ4n) is 1.55. The topological polar surface area (TPSA) is 104 Å². The minimum absolute atomic E-state index is 0.185. The van der Waals surface area contributed by atoms with Crippen LogP contribution in [0.3, 0.4) is 0 Å². The molecule has 0 bridgehead atoms. The minimum atomic E-state index is -1.54. The van der Waals surface area contributed by atoms with Gasteiger partial charge in [0.25, 0.3) is 5.91 Å². The van der Waals surface area contributed by atoms with E-state index in [1.807, 2.05) is 0 Å². The lowest BCUT2D eigenvalue weighted by molar-refractivity contribution is -0.123. The van der Waals surface area contributed by atoms with Gasteiger partial charge in [0.1, 0.15) is 0 Å². The summed E-state index contributed by atoms with van der Waals surface area (Å²) < 4.78 is 0. The summed E-state index contributed by atoms with van der Waals surface area (Å²) in [4.78, 5) is 44.6. The molecule has 0 aromatic heterocycles. The number of para-hydroxylation sites is 1. The van der Waals surface area contributed by atoms with Gasteiger partial charge in [-0.05, 0) is 17.7 Å². The van der Waals surface area contributed by atoms with E-state index in [0.717, 1.165) is 6.08 Å². The van der Waals surface area contributed by atoms with E-state index < -0.39 is 18.5 Å². The lowest BCUT2D eigenvalue weighted by atomic mass is 10.1. The number of hydrogen-bond donors (Lipinski definition) is 2. The third-order valence-electron chi connectivity index (χ3n) is 2.68. The van der Waals surface area contributed by atoms with Crippen molar-refractivity contribution in [2.75, 3.05) is 11.9 Å². The Morgan fingerprint density at radius 2 is 2.00 bits per heavy atom. The van der Waals surface area contributed by atoms with E-state index in [-0.39, 0.29) is 5.91 Å². The number of nitrogens with zero attached hydrogens (tertiary/aromatic N) is 1. The van der Waals surface area contributed by atoms with Crippen LogP contribution in [0.4, 0.5) is 10.5 Å². The monoisotopic (exact) mass is 303 g/mol. The van der Waals surface area contributed by atoms with Gasteiger partial charge in [0.2, 0.25) is 12.2 Å². The summed E-state index contributed by atoms with van der Waals surface area (Å²) in [5.41, 5.74) is 1.04. The highest BCUT2D eigenvalue weighted by Crippen LogP contribution is 2.17. The Morgan fingerprint density at radius 1 is 1.32 bits per heavy atom. The van der Waals surface area contributed by atoms with Crippen molar-refractivity contribution in [2.24, 2.45) is 0 Å². The molecule has 0 aliphatic carbocycles. The van der Waals surface area contributed by atoms with Crippen molar-refractivity contribution in [3.05, 3.63) is 35.9 Å². The van der Waals surface area contributed by atoms with Crippen molar-refractivity contribution in [3.63, 3.8) is 0 Å². The van der Waals surface area contributed by atoms with E-state index in [1.165, 1.54) is 12.4 Å². The van der Waals surface area contributed by atoms with Gasteiger partial charge in [0.15, 0.2) is 0 Å². The summed E-state index contributed by atoms with van der Waals surface area (Å²) in [6, 6.07) is 6.74. The van der Waals surface area contributed by atoms with Gasteiger partial charge in [-0.2, -0.15) is 0 Å². The molecule has 3 amide bonds. The highest BCUT2D eigenvalue weighted by atomic mass is 16.4. The summed E-state index contributed by atoms with van der Waals surface area (Å²) in [7, 11) is 0. The molecule has 1 rings (SSSR count). The Hall–Kier alpha value is -2.96. The molecule has 1 radical (unpaired) electrons. The zero-order valence-corrected chi connectivity index (χ0v) is 11.9. The number of benzene rings is 1. The van der Waals surface area contributed by atoms with Gasteiger partial charge in [0, 0.05) is 18.2 Å². The van der Waals surface area contributed by atoms with Gasteiger partial charge in [-0.1, -0.05) is 25.1 Å². The maximum atomic E-state index is 11.7. The molecule has 7 heteroatoms. The second kappa shape index (κ2) is 8.35. The summed E-state index contributed by atoms with van der Waals surface area (Å²) in [6.45, 7) is 1.05. The number of carboxylic acid groups (broad SMARTS) is 1. The highest BCUT2D eigenvalue weighted by molar-refractivity contribution is 6.02. The normalized spacial score (nSPS) is 10.2. The molecule has 0 spiro atoms. The Bertz CT molecular complexity index is 610. The maximum absolute atomic E-state index is 11.7. The van der Waals surface area contributed by atoms with Crippen LogP contribution in [0.1, 0.15) is 18.9 Å². The first-order valence-electron chi connectivity index (χ1n) is 6.46. The molecule has 1 aromatic carbocycles. The minimum Gasteiger partial charge on any atom is -0.465 e. The second-order valence-corrected chi connectivity index (χ2v) is 4.17. The second-order valence-electron chi connectivity index (χ2n) is 4.17. The number of rotatable bonds is 6. The van der Waals surface area contributed by atoms with Gasteiger partial charge in [-0.3, -0.25) is 14.4 Å².